The van der Waals surface area contributed by atoms with E-state index in [1.807, 2.05) is 0 Å². The summed E-state index contributed by atoms with van der Waals surface area (Å²) in [4.78, 5) is 25.3. The summed E-state index contributed by atoms with van der Waals surface area (Å²) in [5.74, 6) is 0.403. The lowest BCUT2D eigenvalue weighted by atomic mass is 10.0. The Balaban J connectivity index is 2.28. The van der Waals surface area contributed by atoms with Gasteiger partial charge < -0.3 is 16.4 Å². The molecular formula is C14H28N4O2. The third kappa shape index (κ3) is 5.88. The SMILES string of the molecule is CNC(=O)CN1CCC(NC(=O)[C@@H](N)CC(C)C)CC1. The average Bonchev–Trinajstić information content (AvgIpc) is 2.40. The van der Waals surface area contributed by atoms with E-state index in [9.17, 15) is 9.59 Å². The van der Waals surface area contributed by atoms with Gasteiger partial charge in [-0.05, 0) is 25.2 Å². The molecular weight excluding hydrogens is 256 g/mol. The zero-order chi connectivity index (χ0) is 15.1. The fourth-order valence-electron chi connectivity index (χ4n) is 2.44. The number of rotatable bonds is 6. The third-order valence-electron chi connectivity index (χ3n) is 3.64. The highest BCUT2D eigenvalue weighted by Crippen LogP contribution is 2.11. The van der Waals surface area contributed by atoms with Crippen LogP contribution in [0.1, 0.15) is 33.1 Å². The number of amides is 2. The molecule has 1 heterocycles. The third-order valence-corrected chi connectivity index (χ3v) is 3.64. The van der Waals surface area contributed by atoms with E-state index in [4.69, 9.17) is 5.73 Å². The molecule has 1 aliphatic rings. The summed E-state index contributed by atoms with van der Waals surface area (Å²) in [6, 6.07) is -0.236. The van der Waals surface area contributed by atoms with E-state index in [-0.39, 0.29) is 17.9 Å². The van der Waals surface area contributed by atoms with Crippen molar-refractivity contribution >= 4 is 11.8 Å². The molecule has 0 unspecified atom stereocenters. The first-order valence-corrected chi connectivity index (χ1v) is 7.41. The van der Waals surface area contributed by atoms with Gasteiger partial charge in [0.2, 0.25) is 11.8 Å². The Morgan fingerprint density at radius 1 is 1.30 bits per heavy atom. The summed E-state index contributed by atoms with van der Waals surface area (Å²) < 4.78 is 0. The van der Waals surface area contributed by atoms with Gasteiger partial charge in [-0.3, -0.25) is 14.5 Å². The van der Waals surface area contributed by atoms with Crippen LogP contribution in [0.25, 0.3) is 0 Å². The minimum absolute atomic E-state index is 0.0337. The highest BCUT2D eigenvalue weighted by Gasteiger charge is 2.24. The van der Waals surface area contributed by atoms with Gasteiger partial charge in [-0.2, -0.15) is 0 Å². The van der Waals surface area contributed by atoms with Crippen LogP contribution in [0.15, 0.2) is 0 Å². The zero-order valence-electron chi connectivity index (χ0n) is 12.8. The van der Waals surface area contributed by atoms with E-state index in [0.717, 1.165) is 25.9 Å². The van der Waals surface area contributed by atoms with Crippen LogP contribution < -0.4 is 16.4 Å². The number of likely N-dealkylation sites (tertiary alicyclic amines) is 1. The van der Waals surface area contributed by atoms with Crippen molar-refractivity contribution in [2.45, 2.75) is 45.2 Å². The number of likely N-dealkylation sites (N-methyl/N-ethyl adjacent to an activating group) is 1. The maximum Gasteiger partial charge on any atom is 0.237 e. The van der Waals surface area contributed by atoms with E-state index in [1.54, 1.807) is 7.05 Å². The number of nitrogens with two attached hydrogens (primary N) is 1. The Morgan fingerprint density at radius 2 is 1.90 bits per heavy atom. The predicted molar refractivity (Wildman–Crippen MR) is 79.1 cm³/mol. The Hall–Kier alpha value is -1.14. The first kappa shape index (κ1) is 16.9. The fraction of sp³-hybridized carbons (Fsp3) is 0.857. The number of carbonyl (C=O) groups excluding carboxylic acids is 2. The van der Waals surface area contributed by atoms with Gasteiger partial charge in [-0.15, -0.1) is 0 Å². The molecule has 0 aliphatic carbocycles. The maximum atomic E-state index is 11.9. The van der Waals surface area contributed by atoms with Gasteiger partial charge in [0.25, 0.3) is 0 Å². The molecule has 0 radical (unpaired) electrons. The molecule has 1 rings (SSSR count). The lowest BCUT2D eigenvalue weighted by molar-refractivity contribution is -0.124. The number of carbonyl (C=O) groups is 2. The molecule has 20 heavy (non-hydrogen) atoms. The number of nitrogens with zero attached hydrogens (tertiary/aromatic N) is 1. The Labute approximate surface area is 121 Å². The van der Waals surface area contributed by atoms with Crippen molar-refractivity contribution in [1.29, 1.82) is 0 Å². The zero-order valence-corrected chi connectivity index (χ0v) is 12.8. The normalized spacial score (nSPS) is 18.9. The summed E-state index contributed by atoms with van der Waals surface area (Å²) in [7, 11) is 1.64. The molecule has 6 nitrogen and oxygen atoms in total. The van der Waals surface area contributed by atoms with Gasteiger partial charge >= 0.3 is 0 Å². The van der Waals surface area contributed by atoms with Gasteiger partial charge in [0.15, 0.2) is 0 Å². The van der Waals surface area contributed by atoms with E-state index in [2.05, 4.69) is 29.4 Å². The van der Waals surface area contributed by atoms with E-state index >= 15 is 0 Å². The van der Waals surface area contributed by atoms with Crippen LogP contribution in [0, 0.1) is 5.92 Å². The van der Waals surface area contributed by atoms with Gasteiger partial charge in [-0.1, -0.05) is 13.8 Å². The number of piperidine rings is 1. The molecule has 4 N–H and O–H groups in total. The Bertz CT molecular complexity index is 325. The number of hydrogen-bond acceptors (Lipinski definition) is 4. The molecule has 1 fully saturated rings. The topological polar surface area (TPSA) is 87.5 Å². The van der Waals surface area contributed by atoms with Gasteiger partial charge in [0.05, 0.1) is 12.6 Å². The van der Waals surface area contributed by atoms with Crippen LogP contribution in [0.2, 0.25) is 0 Å². The second-order valence-electron chi connectivity index (χ2n) is 5.97. The molecule has 0 spiro atoms. The average molecular weight is 284 g/mol. The summed E-state index contributed by atoms with van der Waals surface area (Å²) >= 11 is 0. The first-order valence-electron chi connectivity index (χ1n) is 7.41. The second kappa shape index (κ2) is 8.21. The van der Waals surface area contributed by atoms with Crippen molar-refractivity contribution in [3.05, 3.63) is 0 Å². The second-order valence-corrected chi connectivity index (χ2v) is 5.97. The van der Waals surface area contributed by atoms with Crippen molar-refractivity contribution in [3.63, 3.8) is 0 Å². The van der Waals surface area contributed by atoms with Crippen LogP contribution in [0.5, 0.6) is 0 Å². The monoisotopic (exact) mass is 284 g/mol. The molecule has 1 atom stereocenters. The van der Waals surface area contributed by atoms with Crippen LogP contribution in [-0.2, 0) is 9.59 Å². The van der Waals surface area contributed by atoms with E-state index < -0.39 is 6.04 Å². The van der Waals surface area contributed by atoms with Gasteiger partial charge in [0.1, 0.15) is 0 Å². The maximum absolute atomic E-state index is 11.9. The largest absolute Gasteiger partial charge is 0.358 e. The molecule has 0 bridgehead atoms. The Kier molecular flexibility index (Phi) is 6.95. The fourth-order valence-corrected chi connectivity index (χ4v) is 2.44. The molecule has 0 aromatic rings. The summed E-state index contributed by atoms with van der Waals surface area (Å²) in [5, 5.41) is 5.64. The van der Waals surface area contributed by atoms with Crippen molar-refractivity contribution < 1.29 is 9.59 Å². The minimum atomic E-state index is -0.418. The van der Waals surface area contributed by atoms with Crippen molar-refractivity contribution in [1.82, 2.24) is 15.5 Å². The minimum Gasteiger partial charge on any atom is -0.358 e. The van der Waals surface area contributed by atoms with Crippen LogP contribution >= 0.6 is 0 Å². The molecule has 0 aromatic heterocycles. The Morgan fingerprint density at radius 3 is 2.40 bits per heavy atom. The molecule has 1 saturated heterocycles. The van der Waals surface area contributed by atoms with Crippen molar-refractivity contribution in [3.8, 4) is 0 Å². The molecule has 1 aliphatic heterocycles. The summed E-state index contributed by atoms with van der Waals surface area (Å²) in [5.41, 5.74) is 5.87. The van der Waals surface area contributed by atoms with Gasteiger partial charge in [-0.25, -0.2) is 0 Å². The summed E-state index contributed by atoms with van der Waals surface area (Å²) in [6.07, 6.45) is 2.45. The predicted octanol–water partition coefficient (Wildman–Crippen LogP) is -0.314. The number of nitrogens with one attached hydrogen (secondary N) is 2. The van der Waals surface area contributed by atoms with E-state index in [0.29, 0.717) is 18.9 Å². The quantitative estimate of drug-likeness (QED) is 0.624. The standard InChI is InChI=1S/C14H28N4O2/c1-10(2)8-12(15)14(20)17-11-4-6-18(7-5-11)9-13(19)16-3/h10-12H,4-9,15H2,1-3H3,(H,16,19)(H,17,20)/t12-/m0/s1. The number of hydrogen-bond donors (Lipinski definition) is 3. The molecule has 0 saturated carbocycles. The van der Waals surface area contributed by atoms with Crippen LogP contribution in [0.3, 0.4) is 0 Å². The van der Waals surface area contributed by atoms with Crippen LogP contribution in [-0.4, -0.2) is 55.5 Å². The van der Waals surface area contributed by atoms with Crippen LogP contribution in [0.4, 0.5) is 0 Å². The van der Waals surface area contributed by atoms with Gasteiger partial charge in [0, 0.05) is 26.2 Å². The van der Waals surface area contributed by atoms with E-state index in [1.165, 1.54) is 0 Å². The van der Waals surface area contributed by atoms with Crippen molar-refractivity contribution in [2.24, 2.45) is 11.7 Å². The highest BCUT2D eigenvalue weighted by atomic mass is 16.2. The van der Waals surface area contributed by atoms with Crippen molar-refractivity contribution in [2.75, 3.05) is 26.7 Å². The molecule has 2 amide bonds. The first-order chi connectivity index (χ1) is 9.42. The smallest absolute Gasteiger partial charge is 0.237 e. The summed E-state index contributed by atoms with van der Waals surface area (Å²) in [6.45, 7) is 6.22. The molecule has 116 valence electrons. The molecule has 6 heteroatoms. The highest BCUT2D eigenvalue weighted by molar-refractivity contribution is 5.81. The lowest BCUT2D eigenvalue weighted by Crippen LogP contribution is -2.50. The molecule has 0 aromatic carbocycles. The lowest BCUT2D eigenvalue weighted by Gasteiger charge is -2.32.